The third-order valence-corrected chi connectivity index (χ3v) is 3.36. The first-order valence-electron chi connectivity index (χ1n) is 7.59. The van der Waals surface area contributed by atoms with Crippen LogP contribution in [0.25, 0.3) is 0 Å². The van der Waals surface area contributed by atoms with Gasteiger partial charge in [0.25, 0.3) is 0 Å². The van der Waals surface area contributed by atoms with E-state index in [9.17, 15) is 4.39 Å². The molecule has 0 aliphatic heterocycles. The van der Waals surface area contributed by atoms with Crippen molar-refractivity contribution in [1.29, 1.82) is 0 Å². The molecule has 116 valence electrons. The first-order valence-corrected chi connectivity index (χ1v) is 7.59. The molecule has 2 N–H and O–H groups in total. The third-order valence-electron chi connectivity index (χ3n) is 3.36. The van der Waals surface area contributed by atoms with E-state index in [1.807, 2.05) is 6.07 Å². The molecule has 0 bridgehead atoms. The highest BCUT2D eigenvalue weighted by Crippen LogP contribution is 2.40. The SMILES string of the molecule is CC(C)(C)Nc1nc(Nc2ccccc2F)cc(C2CC2)n1. The fraction of sp³-hybridized carbons (Fsp3) is 0.412. The van der Waals surface area contributed by atoms with E-state index in [1.54, 1.807) is 18.2 Å². The second-order valence-electron chi connectivity index (χ2n) is 6.76. The zero-order chi connectivity index (χ0) is 15.7. The summed E-state index contributed by atoms with van der Waals surface area (Å²) in [6.45, 7) is 6.18. The van der Waals surface area contributed by atoms with Crippen molar-refractivity contribution in [1.82, 2.24) is 9.97 Å². The van der Waals surface area contributed by atoms with Gasteiger partial charge in [-0.1, -0.05) is 12.1 Å². The van der Waals surface area contributed by atoms with Crippen LogP contribution >= 0.6 is 0 Å². The van der Waals surface area contributed by atoms with Crippen LogP contribution in [0.3, 0.4) is 0 Å². The summed E-state index contributed by atoms with van der Waals surface area (Å²) in [5.74, 6) is 1.41. The van der Waals surface area contributed by atoms with E-state index in [1.165, 1.54) is 6.07 Å². The quantitative estimate of drug-likeness (QED) is 0.876. The van der Waals surface area contributed by atoms with Crippen molar-refractivity contribution >= 4 is 17.5 Å². The molecule has 3 rings (SSSR count). The van der Waals surface area contributed by atoms with E-state index in [0.717, 1.165) is 18.5 Å². The number of rotatable bonds is 4. The molecular formula is C17H21FN4. The maximum Gasteiger partial charge on any atom is 0.225 e. The van der Waals surface area contributed by atoms with Crippen molar-refractivity contribution < 1.29 is 4.39 Å². The molecule has 22 heavy (non-hydrogen) atoms. The zero-order valence-corrected chi connectivity index (χ0v) is 13.2. The summed E-state index contributed by atoms with van der Waals surface area (Å²) in [4.78, 5) is 9.05. The summed E-state index contributed by atoms with van der Waals surface area (Å²) < 4.78 is 13.8. The molecule has 0 radical (unpaired) electrons. The number of nitrogens with one attached hydrogen (secondary N) is 2. The summed E-state index contributed by atoms with van der Waals surface area (Å²) in [6, 6.07) is 8.51. The fourth-order valence-electron chi connectivity index (χ4n) is 2.21. The molecule has 1 aliphatic rings. The molecule has 0 amide bonds. The van der Waals surface area contributed by atoms with Gasteiger partial charge in [-0.3, -0.25) is 0 Å². The number of nitrogens with zero attached hydrogens (tertiary/aromatic N) is 2. The Labute approximate surface area is 130 Å². The van der Waals surface area contributed by atoms with Crippen LogP contribution < -0.4 is 10.6 Å². The summed E-state index contributed by atoms with van der Waals surface area (Å²) in [5, 5.41) is 6.34. The van der Waals surface area contributed by atoms with Crippen molar-refractivity contribution in [3.63, 3.8) is 0 Å². The first kappa shape index (κ1) is 14.8. The molecule has 5 heteroatoms. The minimum absolute atomic E-state index is 0.128. The Hall–Kier alpha value is -2.17. The third kappa shape index (κ3) is 3.72. The van der Waals surface area contributed by atoms with E-state index in [2.05, 4.69) is 41.4 Å². The van der Waals surface area contributed by atoms with Gasteiger partial charge in [-0.2, -0.15) is 4.98 Å². The Kier molecular flexibility index (Phi) is 3.72. The summed E-state index contributed by atoms with van der Waals surface area (Å²) in [6.07, 6.45) is 2.32. The lowest BCUT2D eigenvalue weighted by Crippen LogP contribution is -2.27. The number of para-hydroxylation sites is 1. The second-order valence-corrected chi connectivity index (χ2v) is 6.76. The lowest BCUT2D eigenvalue weighted by Gasteiger charge is -2.21. The molecule has 1 aromatic carbocycles. The minimum atomic E-state index is -0.292. The van der Waals surface area contributed by atoms with Gasteiger partial charge >= 0.3 is 0 Å². The molecule has 0 unspecified atom stereocenters. The van der Waals surface area contributed by atoms with Gasteiger partial charge in [0.05, 0.1) is 11.4 Å². The molecule has 1 saturated carbocycles. The highest BCUT2D eigenvalue weighted by molar-refractivity contribution is 5.58. The highest BCUT2D eigenvalue weighted by atomic mass is 19.1. The van der Waals surface area contributed by atoms with Gasteiger partial charge in [-0.25, -0.2) is 9.37 Å². The number of benzene rings is 1. The van der Waals surface area contributed by atoms with Crippen LogP contribution in [0.1, 0.15) is 45.2 Å². The predicted octanol–water partition coefficient (Wildman–Crippen LogP) is 4.45. The lowest BCUT2D eigenvalue weighted by molar-refractivity contribution is 0.624. The summed E-state index contributed by atoms with van der Waals surface area (Å²) in [5.41, 5.74) is 1.31. The molecule has 0 spiro atoms. The number of aromatic nitrogens is 2. The van der Waals surface area contributed by atoms with Crippen LogP contribution in [-0.4, -0.2) is 15.5 Å². The van der Waals surface area contributed by atoms with Crippen LogP contribution in [0, 0.1) is 5.82 Å². The molecule has 4 nitrogen and oxygen atoms in total. The molecule has 1 aliphatic carbocycles. The zero-order valence-electron chi connectivity index (χ0n) is 13.2. The van der Waals surface area contributed by atoms with Crippen LogP contribution in [0.4, 0.5) is 21.8 Å². The molecule has 1 fully saturated rings. The van der Waals surface area contributed by atoms with E-state index in [0.29, 0.717) is 23.4 Å². The standard InChI is InChI=1S/C17H21FN4/c1-17(2,3)22-16-20-14(11-8-9-11)10-15(21-16)19-13-7-5-4-6-12(13)18/h4-7,10-11H,8-9H2,1-3H3,(H2,19,20,21,22). The molecule has 2 aromatic rings. The van der Waals surface area contributed by atoms with Crippen molar-refractivity contribution in [3.05, 3.63) is 41.8 Å². The van der Waals surface area contributed by atoms with Gasteiger partial charge in [0, 0.05) is 17.5 Å². The Morgan fingerprint density at radius 3 is 2.50 bits per heavy atom. The molecule has 0 atom stereocenters. The lowest BCUT2D eigenvalue weighted by atomic mass is 10.1. The predicted molar refractivity (Wildman–Crippen MR) is 87.1 cm³/mol. The van der Waals surface area contributed by atoms with Gasteiger partial charge in [-0.05, 0) is 45.7 Å². The maximum absolute atomic E-state index is 13.8. The van der Waals surface area contributed by atoms with Gasteiger partial charge in [0.15, 0.2) is 0 Å². The maximum atomic E-state index is 13.8. The van der Waals surface area contributed by atoms with E-state index >= 15 is 0 Å². The minimum Gasteiger partial charge on any atom is -0.350 e. The van der Waals surface area contributed by atoms with E-state index < -0.39 is 0 Å². The number of hydrogen-bond donors (Lipinski definition) is 2. The smallest absolute Gasteiger partial charge is 0.225 e. The molecule has 1 aromatic heterocycles. The van der Waals surface area contributed by atoms with Gasteiger partial charge < -0.3 is 10.6 Å². The monoisotopic (exact) mass is 300 g/mol. The van der Waals surface area contributed by atoms with Crippen molar-refractivity contribution in [2.75, 3.05) is 10.6 Å². The second kappa shape index (κ2) is 5.55. The normalized spacial score (nSPS) is 14.7. The van der Waals surface area contributed by atoms with Crippen molar-refractivity contribution in [3.8, 4) is 0 Å². The van der Waals surface area contributed by atoms with Gasteiger partial charge in [0.1, 0.15) is 11.6 Å². The number of anilines is 3. The van der Waals surface area contributed by atoms with Crippen molar-refractivity contribution in [2.45, 2.75) is 45.1 Å². The number of hydrogen-bond acceptors (Lipinski definition) is 4. The van der Waals surface area contributed by atoms with Crippen LogP contribution in [0.15, 0.2) is 30.3 Å². The van der Waals surface area contributed by atoms with Crippen LogP contribution in [0.5, 0.6) is 0 Å². The Morgan fingerprint density at radius 2 is 1.86 bits per heavy atom. The molecular weight excluding hydrogens is 279 g/mol. The Bertz CT molecular complexity index is 675. The Morgan fingerprint density at radius 1 is 1.14 bits per heavy atom. The topological polar surface area (TPSA) is 49.8 Å². The largest absolute Gasteiger partial charge is 0.350 e. The summed E-state index contributed by atoms with van der Waals surface area (Å²) in [7, 11) is 0. The average Bonchev–Trinajstić information content (AvgIpc) is 3.23. The average molecular weight is 300 g/mol. The van der Waals surface area contributed by atoms with Crippen LogP contribution in [-0.2, 0) is 0 Å². The van der Waals surface area contributed by atoms with Gasteiger partial charge in [-0.15, -0.1) is 0 Å². The molecule has 0 saturated heterocycles. The molecule has 1 heterocycles. The number of halogens is 1. The van der Waals surface area contributed by atoms with Crippen LogP contribution in [0.2, 0.25) is 0 Å². The Balaban J connectivity index is 1.91. The van der Waals surface area contributed by atoms with Gasteiger partial charge in [0.2, 0.25) is 5.95 Å². The van der Waals surface area contributed by atoms with Crippen molar-refractivity contribution in [2.24, 2.45) is 0 Å². The fourth-order valence-corrected chi connectivity index (χ4v) is 2.21. The first-order chi connectivity index (χ1) is 10.4. The van der Waals surface area contributed by atoms with E-state index in [-0.39, 0.29) is 11.4 Å². The highest BCUT2D eigenvalue weighted by Gasteiger charge is 2.26. The summed E-state index contributed by atoms with van der Waals surface area (Å²) >= 11 is 0. The van der Waals surface area contributed by atoms with E-state index in [4.69, 9.17) is 0 Å².